The zero-order valence-electron chi connectivity index (χ0n) is 15.5. The van der Waals surface area contributed by atoms with E-state index in [0.717, 1.165) is 16.6 Å². The Morgan fingerprint density at radius 3 is 2.28 bits per heavy atom. The van der Waals surface area contributed by atoms with Crippen LogP contribution in [0.4, 0.5) is 5.69 Å². The number of carbonyl (C=O) groups excluding carboxylic acids is 1. The normalized spacial score (nSPS) is 10.8. The van der Waals surface area contributed by atoms with Crippen LogP contribution in [0.1, 0.15) is 6.42 Å². The first-order chi connectivity index (χ1) is 14.1. The molecular formula is C23H18ClN3O2. The summed E-state index contributed by atoms with van der Waals surface area (Å²) in [5, 5.41) is 9.35. The predicted octanol–water partition coefficient (Wildman–Crippen LogP) is 4.75. The Labute approximate surface area is 172 Å². The average Bonchev–Trinajstić information content (AvgIpc) is 2.76. The molecule has 0 aliphatic heterocycles. The molecule has 0 fully saturated rings. The van der Waals surface area contributed by atoms with Crippen molar-refractivity contribution in [3.8, 4) is 11.3 Å². The lowest BCUT2D eigenvalue weighted by molar-refractivity contribution is -0.116. The molecule has 4 aromatic rings. The molecule has 1 N–H and O–H groups in total. The summed E-state index contributed by atoms with van der Waals surface area (Å²) >= 11 is 5.86. The number of hydrogen-bond acceptors (Lipinski definition) is 3. The standard InChI is InChI=1S/C23H18ClN3O2/c24-17-10-12-18(13-11-17)25-21(28)14-15-27-23(29)20-9-5-4-8-19(20)22(26-27)16-6-2-1-3-7-16/h1-13H,14-15H2,(H,25,28). The van der Waals surface area contributed by atoms with E-state index < -0.39 is 0 Å². The van der Waals surface area contributed by atoms with Crippen LogP contribution in [-0.2, 0) is 11.3 Å². The summed E-state index contributed by atoms with van der Waals surface area (Å²) in [4.78, 5) is 25.2. The summed E-state index contributed by atoms with van der Waals surface area (Å²) in [6.07, 6.45) is 0.127. The second-order valence-corrected chi connectivity index (χ2v) is 7.03. The Morgan fingerprint density at radius 2 is 1.55 bits per heavy atom. The van der Waals surface area contributed by atoms with Gasteiger partial charge in [0.05, 0.1) is 17.6 Å². The van der Waals surface area contributed by atoms with Gasteiger partial charge in [-0.3, -0.25) is 9.59 Å². The van der Waals surface area contributed by atoms with Gasteiger partial charge in [-0.2, -0.15) is 5.10 Å². The fourth-order valence-electron chi connectivity index (χ4n) is 3.16. The van der Waals surface area contributed by atoms with Crippen LogP contribution in [0.15, 0.2) is 83.7 Å². The summed E-state index contributed by atoms with van der Waals surface area (Å²) < 4.78 is 1.37. The van der Waals surface area contributed by atoms with Gasteiger partial charge in [0.15, 0.2) is 0 Å². The lowest BCUT2D eigenvalue weighted by atomic mass is 10.1. The van der Waals surface area contributed by atoms with E-state index in [0.29, 0.717) is 16.1 Å². The third-order valence-corrected chi connectivity index (χ3v) is 4.85. The van der Waals surface area contributed by atoms with Gasteiger partial charge in [0, 0.05) is 28.1 Å². The highest BCUT2D eigenvalue weighted by Gasteiger charge is 2.13. The number of aromatic nitrogens is 2. The molecule has 5 nitrogen and oxygen atoms in total. The minimum atomic E-state index is -0.209. The summed E-state index contributed by atoms with van der Waals surface area (Å²) in [5.41, 5.74) is 2.09. The fraction of sp³-hybridized carbons (Fsp3) is 0.0870. The van der Waals surface area contributed by atoms with E-state index in [1.165, 1.54) is 4.68 Å². The lowest BCUT2D eigenvalue weighted by Gasteiger charge is -2.11. The molecule has 1 heterocycles. The maximum absolute atomic E-state index is 12.9. The van der Waals surface area contributed by atoms with Crippen molar-refractivity contribution in [3.05, 3.63) is 94.2 Å². The summed E-state index contributed by atoms with van der Waals surface area (Å²) in [7, 11) is 0. The molecule has 0 aliphatic rings. The van der Waals surface area contributed by atoms with Crippen molar-refractivity contribution in [2.24, 2.45) is 0 Å². The Kier molecular flexibility index (Phi) is 5.40. The molecule has 4 rings (SSSR count). The molecule has 0 atom stereocenters. The van der Waals surface area contributed by atoms with Crippen LogP contribution in [0.25, 0.3) is 22.0 Å². The monoisotopic (exact) mass is 403 g/mol. The van der Waals surface area contributed by atoms with Gasteiger partial charge in [-0.1, -0.05) is 60.1 Å². The van der Waals surface area contributed by atoms with Crippen molar-refractivity contribution in [2.75, 3.05) is 5.32 Å². The van der Waals surface area contributed by atoms with Crippen molar-refractivity contribution in [1.29, 1.82) is 0 Å². The molecule has 0 unspecified atom stereocenters. The average molecular weight is 404 g/mol. The summed E-state index contributed by atoms with van der Waals surface area (Å²) in [5.74, 6) is -0.199. The fourth-order valence-corrected chi connectivity index (χ4v) is 3.29. The number of nitrogens with zero attached hydrogens (tertiary/aromatic N) is 2. The lowest BCUT2D eigenvalue weighted by Crippen LogP contribution is -2.26. The number of hydrogen-bond donors (Lipinski definition) is 1. The predicted molar refractivity (Wildman–Crippen MR) is 116 cm³/mol. The SMILES string of the molecule is O=C(CCn1nc(-c2ccccc2)c2ccccc2c1=O)Nc1ccc(Cl)cc1. The Hall–Kier alpha value is -3.44. The minimum absolute atomic E-state index is 0.127. The molecule has 29 heavy (non-hydrogen) atoms. The van der Waals surface area contributed by atoms with Crippen LogP contribution in [0.5, 0.6) is 0 Å². The van der Waals surface area contributed by atoms with Crippen molar-refractivity contribution in [3.63, 3.8) is 0 Å². The van der Waals surface area contributed by atoms with E-state index in [9.17, 15) is 9.59 Å². The molecule has 0 radical (unpaired) electrons. The van der Waals surface area contributed by atoms with Gasteiger partial charge in [0.2, 0.25) is 5.91 Å². The summed E-state index contributed by atoms with van der Waals surface area (Å²) in [6, 6.07) is 24.0. The highest BCUT2D eigenvalue weighted by atomic mass is 35.5. The number of carbonyl (C=O) groups is 1. The largest absolute Gasteiger partial charge is 0.326 e. The molecule has 0 bridgehead atoms. The number of benzene rings is 3. The second kappa shape index (κ2) is 8.29. The highest BCUT2D eigenvalue weighted by Crippen LogP contribution is 2.24. The van der Waals surface area contributed by atoms with Crippen molar-refractivity contribution >= 4 is 34.0 Å². The van der Waals surface area contributed by atoms with E-state index in [-0.39, 0.29) is 24.4 Å². The second-order valence-electron chi connectivity index (χ2n) is 6.59. The van der Waals surface area contributed by atoms with Crippen LogP contribution < -0.4 is 10.9 Å². The van der Waals surface area contributed by atoms with Gasteiger partial charge in [-0.25, -0.2) is 4.68 Å². The van der Waals surface area contributed by atoms with Crippen LogP contribution >= 0.6 is 11.6 Å². The van der Waals surface area contributed by atoms with Crippen LogP contribution in [0, 0.1) is 0 Å². The van der Waals surface area contributed by atoms with Gasteiger partial charge in [-0.15, -0.1) is 0 Å². The van der Waals surface area contributed by atoms with Gasteiger partial charge in [0.25, 0.3) is 5.56 Å². The molecule has 0 saturated heterocycles. The van der Waals surface area contributed by atoms with Crippen LogP contribution in [0.2, 0.25) is 5.02 Å². The van der Waals surface area contributed by atoms with E-state index in [1.54, 1.807) is 30.3 Å². The first kappa shape index (κ1) is 18.9. The molecule has 0 saturated carbocycles. The van der Waals surface area contributed by atoms with Crippen molar-refractivity contribution in [2.45, 2.75) is 13.0 Å². The maximum Gasteiger partial charge on any atom is 0.274 e. The number of rotatable bonds is 5. The maximum atomic E-state index is 12.9. The van der Waals surface area contributed by atoms with E-state index >= 15 is 0 Å². The third kappa shape index (κ3) is 4.20. The number of fused-ring (bicyclic) bond motifs is 1. The number of anilines is 1. The van der Waals surface area contributed by atoms with E-state index in [4.69, 9.17) is 11.6 Å². The van der Waals surface area contributed by atoms with Crippen molar-refractivity contribution in [1.82, 2.24) is 9.78 Å². The van der Waals surface area contributed by atoms with Gasteiger partial charge >= 0.3 is 0 Å². The number of nitrogens with one attached hydrogen (secondary N) is 1. The topological polar surface area (TPSA) is 64.0 Å². The quantitative estimate of drug-likeness (QED) is 0.523. The Bertz CT molecular complexity index is 1220. The minimum Gasteiger partial charge on any atom is -0.326 e. The van der Waals surface area contributed by atoms with Gasteiger partial charge < -0.3 is 5.32 Å². The number of halogens is 1. The molecule has 0 spiro atoms. The molecule has 1 amide bonds. The Morgan fingerprint density at radius 1 is 0.897 bits per heavy atom. The molecule has 6 heteroatoms. The molecule has 144 valence electrons. The van der Waals surface area contributed by atoms with E-state index in [1.807, 2.05) is 48.5 Å². The molecule has 0 aliphatic carbocycles. The zero-order valence-corrected chi connectivity index (χ0v) is 16.3. The van der Waals surface area contributed by atoms with Gasteiger partial charge in [0.1, 0.15) is 0 Å². The first-order valence-corrected chi connectivity index (χ1v) is 9.60. The Balaban J connectivity index is 1.62. The highest BCUT2D eigenvalue weighted by molar-refractivity contribution is 6.30. The van der Waals surface area contributed by atoms with Crippen LogP contribution in [-0.4, -0.2) is 15.7 Å². The molecule has 1 aromatic heterocycles. The smallest absolute Gasteiger partial charge is 0.274 e. The summed E-state index contributed by atoms with van der Waals surface area (Å²) in [6.45, 7) is 0.183. The third-order valence-electron chi connectivity index (χ3n) is 4.59. The number of amides is 1. The van der Waals surface area contributed by atoms with Gasteiger partial charge in [-0.05, 0) is 30.3 Å². The number of aryl methyl sites for hydroxylation is 1. The molecular weight excluding hydrogens is 386 g/mol. The first-order valence-electron chi connectivity index (χ1n) is 9.22. The van der Waals surface area contributed by atoms with Crippen molar-refractivity contribution < 1.29 is 4.79 Å². The van der Waals surface area contributed by atoms with E-state index in [2.05, 4.69) is 10.4 Å². The zero-order chi connectivity index (χ0) is 20.2. The van der Waals surface area contributed by atoms with Crippen LogP contribution in [0.3, 0.4) is 0 Å². The molecule has 3 aromatic carbocycles.